The summed E-state index contributed by atoms with van der Waals surface area (Å²) in [6.45, 7) is 0. The van der Waals surface area contributed by atoms with E-state index in [0.717, 1.165) is 13.2 Å². The molecule has 0 radical (unpaired) electrons. The van der Waals surface area contributed by atoms with Gasteiger partial charge in [-0.3, -0.25) is 0 Å². The van der Waals surface area contributed by atoms with Gasteiger partial charge in [0.15, 0.2) is 0 Å². The highest BCUT2D eigenvalue weighted by atomic mass is 19.1. The third-order valence-corrected chi connectivity index (χ3v) is 1.70. The molecular weight excluding hydrogens is 215 g/mol. The topological polar surface area (TPSA) is 63.6 Å². The van der Waals surface area contributed by atoms with E-state index in [-0.39, 0.29) is 11.1 Å². The molecule has 0 fully saturated rings. The quantitative estimate of drug-likeness (QED) is 0.569. The summed E-state index contributed by atoms with van der Waals surface area (Å²) >= 11 is 0. The van der Waals surface area contributed by atoms with E-state index in [2.05, 4.69) is 10.7 Å². The van der Waals surface area contributed by atoms with E-state index in [1.165, 1.54) is 12.1 Å². The highest BCUT2D eigenvalue weighted by Crippen LogP contribution is 2.09. The third-order valence-electron chi connectivity index (χ3n) is 1.70. The molecule has 5 heteroatoms. The predicted octanol–water partition coefficient (Wildman–Crippen LogP) is 1.05. The standard InChI is InChI=1S/C11H7FO4/c1-16-10(13)5-4-7-2-3-8(11(14)15)6-9(7)12/h2-3,6H,1H3,(H,14,15). The van der Waals surface area contributed by atoms with Crippen molar-refractivity contribution in [3.8, 4) is 11.8 Å². The van der Waals surface area contributed by atoms with E-state index in [4.69, 9.17) is 5.11 Å². The van der Waals surface area contributed by atoms with Gasteiger partial charge in [-0.15, -0.1) is 0 Å². The normalized spacial score (nSPS) is 8.88. The maximum atomic E-state index is 13.2. The van der Waals surface area contributed by atoms with E-state index in [1.807, 2.05) is 5.92 Å². The smallest absolute Gasteiger partial charge is 0.384 e. The van der Waals surface area contributed by atoms with Crippen molar-refractivity contribution in [2.75, 3.05) is 7.11 Å². The number of benzene rings is 1. The lowest BCUT2D eigenvalue weighted by atomic mass is 10.1. The van der Waals surface area contributed by atoms with E-state index in [9.17, 15) is 14.0 Å². The van der Waals surface area contributed by atoms with Crippen LogP contribution in [-0.4, -0.2) is 24.2 Å². The van der Waals surface area contributed by atoms with Crippen LogP contribution in [0.3, 0.4) is 0 Å². The Hall–Kier alpha value is -2.35. The number of carbonyl (C=O) groups is 2. The van der Waals surface area contributed by atoms with Gasteiger partial charge in [0.25, 0.3) is 0 Å². The Bertz CT molecular complexity index is 496. The molecule has 82 valence electrons. The van der Waals surface area contributed by atoms with Gasteiger partial charge in [-0.2, -0.15) is 0 Å². The molecule has 1 aromatic rings. The predicted molar refractivity (Wildman–Crippen MR) is 52.3 cm³/mol. The van der Waals surface area contributed by atoms with Crippen molar-refractivity contribution < 1.29 is 23.8 Å². The minimum atomic E-state index is -1.23. The Labute approximate surface area is 90.7 Å². The zero-order valence-corrected chi connectivity index (χ0v) is 8.28. The molecule has 1 rings (SSSR count). The molecule has 0 aliphatic heterocycles. The Kier molecular flexibility index (Phi) is 3.62. The molecule has 1 N–H and O–H groups in total. The van der Waals surface area contributed by atoms with Crippen LogP contribution in [0.1, 0.15) is 15.9 Å². The molecule has 0 aromatic heterocycles. The second-order valence-electron chi connectivity index (χ2n) is 2.74. The van der Waals surface area contributed by atoms with Gasteiger partial charge in [0.1, 0.15) is 5.82 Å². The van der Waals surface area contributed by atoms with E-state index < -0.39 is 17.8 Å². The number of esters is 1. The number of hydrogen-bond donors (Lipinski definition) is 1. The van der Waals surface area contributed by atoms with E-state index in [1.54, 1.807) is 0 Å². The fourth-order valence-electron chi connectivity index (χ4n) is 0.919. The average molecular weight is 222 g/mol. The monoisotopic (exact) mass is 222 g/mol. The maximum absolute atomic E-state index is 13.2. The van der Waals surface area contributed by atoms with Crippen molar-refractivity contribution in [3.05, 3.63) is 35.1 Å². The van der Waals surface area contributed by atoms with Crippen molar-refractivity contribution in [3.63, 3.8) is 0 Å². The molecule has 0 aliphatic rings. The van der Waals surface area contributed by atoms with Gasteiger partial charge in [-0.1, -0.05) is 5.92 Å². The summed E-state index contributed by atoms with van der Waals surface area (Å²) in [6.07, 6.45) is 0. The highest BCUT2D eigenvalue weighted by Gasteiger charge is 2.06. The molecule has 16 heavy (non-hydrogen) atoms. The van der Waals surface area contributed by atoms with Crippen molar-refractivity contribution in [2.45, 2.75) is 0 Å². The van der Waals surface area contributed by atoms with Gasteiger partial charge >= 0.3 is 11.9 Å². The zero-order valence-electron chi connectivity index (χ0n) is 8.28. The summed E-state index contributed by atoms with van der Waals surface area (Å²) in [5.74, 6) is 1.46. The first-order chi connectivity index (χ1) is 7.54. The van der Waals surface area contributed by atoms with Crippen LogP contribution in [0, 0.1) is 17.7 Å². The Morgan fingerprint density at radius 3 is 2.62 bits per heavy atom. The third kappa shape index (κ3) is 2.82. The number of ether oxygens (including phenoxy) is 1. The second kappa shape index (κ2) is 4.94. The van der Waals surface area contributed by atoms with Crippen molar-refractivity contribution >= 4 is 11.9 Å². The molecule has 0 unspecified atom stereocenters. The summed E-state index contributed by atoms with van der Waals surface area (Å²) in [7, 11) is 1.15. The summed E-state index contributed by atoms with van der Waals surface area (Å²) in [5.41, 5.74) is -0.239. The highest BCUT2D eigenvalue weighted by molar-refractivity contribution is 5.89. The molecule has 0 aliphatic carbocycles. The van der Waals surface area contributed by atoms with Crippen molar-refractivity contribution in [1.29, 1.82) is 0 Å². The lowest BCUT2D eigenvalue weighted by Crippen LogP contribution is -1.98. The first kappa shape index (κ1) is 11.7. The van der Waals surface area contributed by atoms with Crippen LogP contribution in [0.25, 0.3) is 0 Å². The molecule has 0 amide bonds. The molecule has 0 bridgehead atoms. The van der Waals surface area contributed by atoms with Crippen LogP contribution in [0.5, 0.6) is 0 Å². The average Bonchev–Trinajstić information content (AvgIpc) is 2.26. The fraction of sp³-hybridized carbons (Fsp3) is 0.0909. The summed E-state index contributed by atoms with van der Waals surface area (Å²) in [4.78, 5) is 21.2. The first-order valence-electron chi connectivity index (χ1n) is 4.17. The van der Waals surface area contributed by atoms with Crippen LogP contribution >= 0.6 is 0 Å². The van der Waals surface area contributed by atoms with Gasteiger partial charge < -0.3 is 9.84 Å². The molecule has 0 saturated heterocycles. The molecular formula is C11H7FO4. The molecule has 0 atom stereocenters. The summed E-state index contributed by atoms with van der Waals surface area (Å²) < 4.78 is 17.5. The lowest BCUT2D eigenvalue weighted by molar-refractivity contribution is -0.133. The number of rotatable bonds is 1. The zero-order chi connectivity index (χ0) is 12.1. The van der Waals surface area contributed by atoms with Crippen LogP contribution in [-0.2, 0) is 9.53 Å². The van der Waals surface area contributed by atoms with Crippen molar-refractivity contribution in [1.82, 2.24) is 0 Å². The van der Waals surface area contributed by atoms with Gasteiger partial charge in [0, 0.05) is 5.92 Å². The van der Waals surface area contributed by atoms with Crippen LogP contribution < -0.4 is 0 Å². The number of carboxylic acids is 1. The Morgan fingerprint density at radius 2 is 2.12 bits per heavy atom. The Morgan fingerprint density at radius 1 is 1.44 bits per heavy atom. The van der Waals surface area contributed by atoms with E-state index in [0.29, 0.717) is 0 Å². The van der Waals surface area contributed by atoms with Crippen molar-refractivity contribution in [2.24, 2.45) is 0 Å². The van der Waals surface area contributed by atoms with Gasteiger partial charge in [0.2, 0.25) is 0 Å². The number of aromatic carboxylic acids is 1. The minimum Gasteiger partial charge on any atom is -0.478 e. The van der Waals surface area contributed by atoms with Crippen LogP contribution in [0.2, 0.25) is 0 Å². The molecule has 1 aromatic carbocycles. The fourth-order valence-corrected chi connectivity index (χ4v) is 0.919. The molecule has 4 nitrogen and oxygen atoms in total. The molecule has 0 saturated carbocycles. The summed E-state index contributed by atoms with van der Waals surface area (Å²) in [5, 5.41) is 8.58. The number of carbonyl (C=O) groups excluding carboxylic acids is 1. The summed E-state index contributed by atoms with van der Waals surface area (Å²) in [6, 6.07) is 3.23. The number of hydrogen-bond acceptors (Lipinski definition) is 3. The minimum absolute atomic E-state index is 0.0598. The number of methoxy groups -OCH3 is 1. The largest absolute Gasteiger partial charge is 0.478 e. The van der Waals surface area contributed by atoms with Gasteiger partial charge in [-0.25, -0.2) is 14.0 Å². The molecule has 0 spiro atoms. The number of carboxylic acid groups (broad SMARTS) is 1. The second-order valence-corrected chi connectivity index (χ2v) is 2.74. The van der Waals surface area contributed by atoms with Gasteiger partial charge in [-0.05, 0) is 18.2 Å². The number of halogens is 1. The van der Waals surface area contributed by atoms with Crippen LogP contribution in [0.15, 0.2) is 18.2 Å². The van der Waals surface area contributed by atoms with Crippen LogP contribution in [0.4, 0.5) is 4.39 Å². The van der Waals surface area contributed by atoms with E-state index >= 15 is 0 Å². The van der Waals surface area contributed by atoms with Gasteiger partial charge in [0.05, 0.1) is 18.2 Å². The maximum Gasteiger partial charge on any atom is 0.384 e. The molecule has 0 heterocycles. The lowest BCUT2D eigenvalue weighted by Gasteiger charge is -1.96. The first-order valence-corrected chi connectivity index (χ1v) is 4.17. The SMILES string of the molecule is COC(=O)C#Cc1ccc(C(=O)O)cc1F. The Balaban J connectivity index is 3.03.